The van der Waals surface area contributed by atoms with Gasteiger partial charge in [0.1, 0.15) is 0 Å². The molecule has 1 atom stereocenters. The monoisotopic (exact) mass is 196 g/mol. The molecule has 1 rings (SSSR count). The number of carboxylic acids is 1. The average Bonchev–Trinajstić information content (AvgIpc) is 2.07. The Kier molecular flexibility index (Phi) is 3.14. The Hall–Kier alpha value is -1.49. The predicted octanol–water partition coefficient (Wildman–Crippen LogP) is 0.106. The maximum absolute atomic E-state index is 10.7. The van der Waals surface area contributed by atoms with E-state index >= 15 is 0 Å². The first-order valence-electron chi connectivity index (χ1n) is 4.26. The molecule has 0 aromatic heterocycles. The van der Waals surface area contributed by atoms with E-state index in [-0.39, 0.29) is 12.3 Å². The number of hydrogen-bond acceptors (Lipinski definition) is 3. The van der Waals surface area contributed by atoms with Gasteiger partial charge < -0.3 is 10.8 Å². The topological polar surface area (TPSA) is 92.8 Å². The summed E-state index contributed by atoms with van der Waals surface area (Å²) >= 11 is 0. The van der Waals surface area contributed by atoms with Crippen molar-refractivity contribution in [1.29, 1.82) is 0 Å². The third kappa shape index (κ3) is 2.50. The molecular formula is C9H12N2O3. The zero-order valence-corrected chi connectivity index (χ0v) is 7.86. The van der Waals surface area contributed by atoms with Gasteiger partial charge in [-0.3, -0.25) is 4.79 Å². The fraction of sp³-hybridized carbons (Fsp3) is 0.444. The van der Waals surface area contributed by atoms with Gasteiger partial charge in [-0.05, 0) is 6.42 Å². The van der Waals surface area contributed by atoms with Gasteiger partial charge in [-0.2, -0.15) is 0 Å². The van der Waals surface area contributed by atoms with Crippen molar-refractivity contribution in [3.05, 3.63) is 11.6 Å². The van der Waals surface area contributed by atoms with Crippen LogP contribution in [0.15, 0.2) is 16.6 Å². The van der Waals surface area contributed by atoms with Crippen LogP contribution in [-0.4, -0.2) is 28.7 Å². The lowest BCUT2D eigenvalue weighted by molar-refractivity contribution is -0.132. The van der Waals surface area contributed by atoms with Crippen LogP contribution < -0.4 is 5.73 Å². The Morgan fingerprint density at radius 2 is 2.29 bits per heavy atom. The van der Waals surface area contributed by atoms with Gasteiger partial charge in [-0.25, -0.2) is 9.79 Å². The van der Waals surface area contributed by atoms with Crippen LogP contribution in [0.3, 0.4) is 0 Å². The minimum absolute atomic E-state index is 0.238. The summed E-state index contributed by atoms with van der Waals surface area (Å²) in [7, 11) is 0. The van der Waals surface area contributed by atoms with Gasteiger partial charge in [0.05, 0.1) is 0 Å². The third-order valence-corrected chi connectivity index (χ3v) is 2.00. The van der Waals surface area contributed by atoms with Gasteiger partial charge >= 0.3 is 5.97 Å². The molecule has 0 spiro atoms. The van der Waals surface area contributed by atoms with Gasteiger partial charge in [0, 0.05) is 30.7 Å². The van der Waals surface area contributed by atoms with Crippen LogP contribution >= 0.6 is 0 Å². The second kappa shape index (κ2) is 4.15. The number of aliphatic imine (C=N–C) groups is 1. The first-order chi connectivity index (χ1) is 6.50. The third-order valence-electron chi connectivity index (χ3n) is 2.00. The number of amides is 1. The molecule has 1 aliphatic rings. The van der Waals surface area contributed by atoms with Gasteiger partial charge in [0.15, 0.2) is 0 Å². The van der Waals surface area contributed by atoms with Crippen molar-refractivity contribution in [2.45, 2.75) is 25.8 Å². The molecule has 0 saturated heterocycles. The highest BCUT2D eigenvalue weighted by Gasteiger charge is 2.21. The predicted molar refractivity (Wildman–Crippen MR) is 51.0 cm³/mol. The number of carbonyl (C=O) groups is 2. The van der Waals surface area contributed by atoms with Gasteiger partial charge in [-0.15, -0.1) is 0 Å². The van der Waals surface area contributed by atoms with Crippen molar-refractivity contribution < 1.29 is 14.7 Å². The van der Waals surface area contributed by atoms with E-state index in [1.165, 1.54) is 6.92 Å². The second-order valence-electron chi connectivity index (χ2n) is 3.17. The van der Waals surface area contributed by atoms with Gasteiger partial charge in [0.25, 0.3) is 0 Å². The average molecular weight is 196 g/mol. The summed E-state index contributed by atoms with van der Waals surface area (Å²) in [5.41, 5.74) is 6.52. The lowest BCUT2D eigenvalue weighted by Gasteiger charge is -2.18. The molecule has 0 fully saturated rings. The molecular weight excluding hydrogens is 184 g/mol. The highest BCUT2D eigenvalue weighted by atomic mass is 16.4. The maximum Gasteiger partial charge on any atom is 0.331 e. The van der Waals surface area contributed by atoms with Crippen molar-refractivity contribution in [1.82, 2.24) is 0 Å². The van der Waals surface area contributed by atoms with Crippen LogP contribution in [-0.2, 0) is 9.59 Å². The Labute approximate surface area is 81.3 Å². The number of hydrogen-bond donors (Lipinski definition) is 2. The van der Waals surface area contributed by atoms with Crippen LogP contribution in [0, 0.1) is 0 Å². The standard InChI is InChI=1S/C9H12N2O3/c1-5(12)11-8-3-2-6(9(13)14)4-7(8)10/h2,7H,3-4,10H2,1H3,(H,13,14)/t7-/m0/s1. The van der Waals surface area contributed by atoms with Crippen molar-refractivity contribution >= 4 is 17.6 Å². The molecule has 0 aromatic carbocycles. The summed E-state index contributed by atoms with van der Waals surface area (Å²) in [6, 6.07) is -0.449. The van der Waals surface area contributed by atoms with E-state index in [1.54, 1.807) is 6.08 Å². The molecule has 0 radical (unpaired) electrons. The van der Waals surface area contributed by atoms with Crippen LogP contribution in [0.4, 0.5) is 0 Å². The fourth-order valence-electron chi connectivity index (χ4n) is 1.32. The summed E-state index contributed by atoms with van der Waals surface area (Å²) < 4.78 is 0. The van der Waals surface area contributed by atoms with E-state index in [4.69, 9.17) is 10.8 Å². The van der Waals surface area contributed by atoms with Gasteiger partial charge in [-0.1, -0.05) is 6.08 Å². The quantitative estimate of drug-likeness (QED) is 0.622. The molecule has 0 heterocycles. The molecule has 14 heavy (non-hydrogen) atoms. The molecule has 0 unspecified atom stereocenters. The van der Waals surface area contributed by atoms with Crippen molar-refractivity contribution in [3.63, 3.8) is 0 Å². The van der Waals surface area contributed by atoms with Crippen LogP contribution in [0.5, 0.6) is 0 Å². The number of carbonyl (C=O) groups excluding carboxylic acids is 1. The molecule has 0 saturated carbocycles. The first kappa shape index (κ1) is 10.6. The highest BCUT2D eigenvalue weighted by molar-refractivity contribution is 6.02. The molecule has 0 aromatic rings. The van der Waals surface area contributed by atoms with E-state index in [2.05, 4.69) is 4.99 Å². The lowest BCUT2D eigenvalue weighted by atomic mass is 9.93. The number of aliphatic carboxylic acids is 1. The van der Waals surface area contributed by atoms with Crippen molar-refractivity contribution in [3.8, 4) is 0 Å². The normalized spacial score (nSPS) is 24.6. The number of carboxylic acid groups (broad SMARTS) is 1. The van der Waals surface area contributed by atoms with E-state index in [0.29, 0.717) is 17.7 Å². The molecule has 3 N–H and O–H groups in total. The minimum atomic E-state index is -0.956. The van der Waals surface area contributed by atoms with Crippen molar-refractivity contribution in [2.24, 2.45) is 10.7 Å². The van der Waals surface area contributed by atoms with Crippen LogP contribution in [0.2, 0.25) is 0 Å². The molecule has 0 aliphatic heterocycles. The van der Waals surface area contributed by atoms with E-state index in [9.17, 15) is 9.59 Å². The summed E-state index contributed by atoms with van der Waals surface area (Å²) in [5, 5.41) is 8.69. The Morgan fingerprint density at radius 1 is 1.64 bits per heavy atom. The molecule has 1 amide bonds. The summed E-state index contributed by atoms with van der Waals surface area (Å²) in [5.74, 6) is -1.26. The van der Waals surface area contributed by atoms with E-state index in [1.807, 2.05) is 0 Å². The minimum Gasteiger partial charge on any atom is -0.478 e. The zero-order valence-electron chi connectivity index (χ0n) is 7.86. The number of nitrogens with two attached hydrogens (primary N) is 1. The molecule has 5 heteroatoms. The maximum atomic E-state index is 10.7. The van der Waals surface area contributed by atoms with E-state index < -0.39 is 12.0 Å². The Morgan fingerprint density at radius 3 is 2.71 bits per heavy atom. The fourth-order valence-corrected chi connectivity index (χ4v) is 1.32. The van der Waals surface area contributed by atoms with Gasteiger partial charge in [0.2, 0.25) is 5.91 Å². The molecule has 5 nitrogen and oxygen atoms in total. The Balaban J connectivity index is 2.82. The largest absolute Gasteiger partial charge is 0.478 e. The number of allylic oxidation sites excluding steroid dienone is 1. The summed E-state index contributed by atoms with van der Waals surface area (Å²) in [4.78, 5) is 25.0. The van der Waals surface area contributed by atoms with Crippen LogP contribution in [0.25, 0.3) is 0 Å². The lowest BCUT2D eigenvalue weighted by Crippen LogP contribution is -2.35. The molecule has 76 valence electrons. The summed E-state index contributed by atoms with van der Waals surface area (Å²) in [6.45, 7) is 1.34. The highest BCUT2D eigenvalue weighted by Crippen LogP contribution is 2.15. The molecule has 0 bridgehead atoms. The number of nitrogens with zero attached hydrogens (tertiary/aromatic N) is 1. The second-order valence-corrected chi connectivity index (χ2v) is 3.17. The molecule has 1 aliphatic carbocycles. The number of rotatable bonds is 1. The first-order valence-corrected chi connectivity index (χ1v) is 4.26. The van der Waals surface area contributed by atoms with E-state index in [0.717, 1.165) is 0 Å². The Bertz CT molecular complexity index is 331. The zero-order chi connectivity index (χ0) is 10.7. The summed E-state index contributed by atoms with van der Waals surface area (Å²) in [6.07, 6.45) is 2.14. The van der Waals surface area contributed by atoms with Crippen molar-refractivity contribution in [2.75, 3.05) is 0 Å². The van der Waals surface area contributed by atoms with Crippen LogP contribution in [0.1, 0.15) is 19.8 Å². The SMILES string of the molecule is CC(=O)N=C1CC=C(C(=O)O)C[C@@H]1N. The smallest absolute Gasteiger partial charge is 0.331 e.